The first-order valence-electron chi connectivity index (χ1n) is 8.99. The van der Waals surface area contributed by atoms with Crippen molar-refractivity contribution in [2.75, 3.05) is 6.61 Å². The molecule has 1 heterocycles. The van der Waals surface area contributed by atoms with E-state index >= 15 is 0 Å². The Balaban J connectivity index is 1.41. The predicted octanol–water partition coefficient (Wildman–Crippen LogP) is 2.82. The minimum absolute atomic E-state index is 0.153. The lowest BCUT2D eigenvalue weighted by atomic mass is 10.1. The van der Waals surface area contributed by atoms with Gasteiger partial charge < -0.3 is 9.30 Å². The van der Waals surface area contributed by atoms with Crippen molar-refractivity contribution in [2.24, 2.45) is 0 Å². The zero-order valence-corrected chi connectivity index (χ0v) is 15.3. The SMILES string of the molecule is CCc1ccccc1OCC(=O)NNC(=O)CCn1ccc2ccccc21. The van der Waals surface area contributed by atoms with E-state index in [1.54, 1.807) is 0 Å². The summed E-state index contributed by atoms with van der Waals surface area (Å²) >= 11 is 0. The molecule has 6 heteroatoms. The zero-order chi connectivity index (χ0) is 19.1. The van der Waals surface area contributed by atoms with Gasteiger partial charge in [-0.25, -0.2) is 0 Å². The van der Waals surface area contributed by atoms with Gasteiger partial charge in [0.1, 0.15) is 5.75 Å². The van der Waals surface area contributed by atoms with Gasteiger partial charge in [0.25, 0.3) is 5.91 Å². The van der Waals surface area contributed by atoms with Crippen LogP contribution in [0.2, 0.25) is 0 Å². The summed E-state index contributed by atoms with van der Waals surface area (Å²) in [7, 11) is 0. The van der Waals surface area contributed by atoms with Gasteiger partial charge in [0.05, 0.1) is 0 Å². The number of rotatable bonds is 7. The Kier molecular flexibility index (Phi) is 6.10. The lowest BCUT2D eigenvalue weighted by Crippen LogP contribution is -2.44. The third-order valence-electron chi connectivity index (χ3n) is 4.31. The van der Waals surface area contributed by atoms with Gasteiger partial charge in [0.2, 0.25) is 5.91 Å². The number of hydrazine groups is 1. The number of benzene rings is 2. The van der Waals surface area contributed by atoms with Crippen molar-refractivity contribution in [1.82, 2.24) is 15.4 Å². The fraction of sp³-hybridized carbons (Fsp3) is 0.238. The molecule has 3 rings (SSSR count). The number of fused-ring (bicyclic) bond motifs is 1. The van der Waals surface area contributed by atoms with Gasteiger partial charge in [-0.2, -0.15) is 0 Å². The molecule has 2 aromatic carbocycles. The maximum absolute atomic E-state index is 12.0. The van der Waals surface area contributed by atoms with E-state index in [0.29, 0.717) is 12.3 Å². The molecule has 2 N–H and O–H groups in total. The lowest BCUT2D eigenvalue weighted by molar-refractivity contribution is -0.130. The number of hydrogen-bond acceptors (Lipinski definition) is 3. The number of nitrogens with one attached hydrogen (secondary N) is 2. The van der Waals surface area contributed by atoms with Crippen molar-refractivity contribution in [2.45, 2.75) is 26.3 Å². The first kappa shape index (κ1) is 18.5. The maximum Gasteiger partial charge on any atom is 0.276 e. The summed E-state index contributed by atoms with van der Waals surface area (Å²) in [6.07, 6.45) is 3.04. The normalized spacial score (nSPS) is 10.6. The second kappa shape index (κ2) is 8.89. The van der Waals surface area contributed by atoms with Crippen molar-refractivity contribution in [1.29, 1.82) is 0 Å². The van der Waals surface area contributed by atoms with Crippen LogP contribution in [0.25, 0.3) is 10.9 Å². The van der Waals surface area contributed by atoms with Crippen LogP contribution in [-0.2, 0) is 22.6 Å². The predicted molar refractivity (Wildman–Crippen MR) is 104 cm³/mol. The number of amides is 2. The molecular formula is C21H23N3O3. The third-order valence-corrected chi connectivity index (χ3v) is 4.31. The first-order chi connectivity index (χ1) is 13.2. The number of aromatic nitrogens is 1. The molecule has 0 aliphatic heterocycles. The van der Waals surface area contributed by atoms with Crippen molar-refractivity contribution < 1.29 is 14.3 Å². The average Bonchev–Trinajstić information content (AvgIpc) is 3.12. The molecule has 0 aliphatic rings. The number of hydrogen-bond donors (Lipinski definition) is 2. The summed E-state index contributed by atoms with van der Waals surface area (Å²) in [6.45, 7) is 2.41. The summed E-state index contributed by atoms with van der Waals surface area (Å²) in [5.74, 6) is 0.0247. The number of para-hydroxylation sites is 2. The quantitative estimate of drug-likeness (QED) is 0.633. The first-order valence-corrected chi connectivity index (χ1v) is 8.99. The van der Waals surface area contributed by atoms with Gasteiger partial charge in [-0.3, -0.25) is 20.4 Å². The van der Waals surface area contributed by atoms with Gasteiger partial charge >= 0.3 is 0 Å². The van der Waals surface area contributed by atoms with Gasteiger partial charge in [-0.15, -0.1) is 0 Å². The average molecular weight is 365 g/mol. The molecular weight excluding hydrogens is 342 g/mol. The molecule has 3 aromatic rings. The van der Waals surface area contributed by atoms with Crippen LogP contribution < -0.4 is 15.6 Å². The van der Waals surface area contributed by atoms with Gasteiger partial charge in [-0.05, 0) is 35.6 Å². The minimum atomic E-state index is -0.402. The Morgan fingerprint density at radius 2 is 1.70 bits per heavy atom. The molecule has 0 fully saturated rings. The minimum Gasteiger partial charge on any atom is -0.483 e. The fourth-order valence-electron chi connectivity index (χ4n) is 2.88. The van der Waals surface area contributed by atoms with E-state index < -0.39 is 5.91 Å². The zero-order valence-electron chi connectivity index (χ0n) is 15.3. The molecule has 0 aliphatic carbocycles. The summed E-state index contributed by atoms with van der Waals surface area (Å²) in [5.41, 5.74) is 6.93. The highest BCUT2D eigenvalue weighted by Gasteiger charge is 2.08. The molecule has 0 bridgehead atoms. The molecule has 0 saturated carbocycles. The molecule has 0 radical (unpaired) electrons. The number of carbonyl (C=O) groups excluding carboxylic acids is 2. The monoisotopic (exact) mass is 365 g/mol. The number of aryl methyl sites for hydroxylation is 2. The molecule has 6 nitrogen and oxygen atoms in total. The number of ether oxygens (including phenoxy) is 1. The second-order valence-corrected chi connectivity index (χ2v) is 6.16. The summed E-state index contributed by atoms with van der Waals surface area (Å²) in [5, 5.41) is 1.13. The van der Waals surface area contributed by atoms with Crippen molar-refractivity contribution in [3.8, 4) is 5.75 Å². The van der Waals surface area contributed by atoms with Crippen molar-refractivity contribution in [3.05, 3.63) is 66.4 Å². The molecule has 0 spiro atoms. The van der Waals surface area contributed by atoms with Gasteiger partial charge in [0.15, 0.2) is 6.61 Å². The van der Waals surface area contributed by atoms with Crippen molar-refractivity contribution >= 4 is 22.7 Å². The third kappa shape index (κ3) is 4.88. The smallest absolute Gasteiger partial charge is 0.276 e. The van der Waals surface area contributed by atoms with Crippen LogP contribution in [0.1, 0.15) is 18.9 Å². The van der Waals surface area contributed by atoms with E-state index in [1.807, 2.05) is 72.3 Å². The lowest BCUT2D eigenvalue weighted by Gasteiger charge is -2.11. The molecule has 27 heavy (non-hydrogen) atoms. The van der Waals surface area contributed by atoms with E-state index in [1.165, 1.54) is 0 Å². The van der Waals surface area contributed by atoms with Crippen LogP contribution in [0.5, 0.6) is 5.75 Å². The summed E-state index contributed by atoms with van der Waals surface area (Å²) < 4.78 is 7.54. The van der Waals surface area contributed by atoms with Crippen LogP contribution in [0.3, 0.4) is 0 Å². The van der Waals surface area contributed by atoms with E-state index in [9.17, 15) is 9.59 Å². The molecule has 140 valence electrons. The molecule has 0 atom stereocenters. The van der Waals surface area contributed by atoms with Crippen LogP contribution >= 0.6 is 0 Å². The van der Waals surface area contributed by atoms with E-state index in [4.69, 9.17) is 4.74 Å². The number of carbonyl (C=O) groups is 2. The van der Waals surface area contributed by atoms with Crippen LogP contribution in [0.4, 0.5) is 0 Å². The number of nitrogens with zero attached hydrogens (tertiary/aromatic N) is 1. The maximum atomic E-state index is 12.0. The molecule has 0 unspecified atom stereocenters. The standard InChI is InChI=1S/C21H23N3O3/c1-2-16-7-4-6-10-19(16)27-15-21(26)23-22-20(25)12-14-24-13-11-17-8-3-5-9-18(17)24/h3-11,13H,2,12,14-15H2,1H3,(H,22,25)(H,23,26). The van der Waals surface area contributed by atoms with Crippen LogP contribution in [-0.4, -0.2) is 23.0 Å². The van der Waals surface area contributed by atoms with Crippen LogP contribution in [0, 0.1) is 0 Å². The highest BCUT2D eigenvalue weighted by atomic mass is 16.5. The van der Waals surface area contributed by atoms with E-state index in [0.717, 1.165) is 22.9 Å². The van der Waals surface area contributed by atoms with E-state index in [-0.39, 0.29) is 18.9 Å². The Morgan fingerprint density at radius 1 is 0.963 bits per heavy atom. The Hall–Kier alpha value is -3.28. The fourth-order valence-corrected chi connectivity index (χ4v) is 2.88. The van der Waals surface area contributed by atoms with Gasteiger partial charge in [-0.1, -0.05) is 43.3 Å². The molecule has 0 saturated heterocycles. The summed E-state index contributed by atoms with van der Waals surface area (Å²) in [6, 6.07) is 17.6. The van der Waals surface area contributed by atoms with E-state index in [2.05, 4.69) is 10.9 Å². The van der Waals surface area contributed by atoms with Gasteiger partial charge in [0, 0.05) is 24.7 Å². The Morgan fingerprint density at radius 3 is 2.56 bits per heavy atom. The molecule has 1 aromatic heterocycles. The summed E-state index contributed by atoms with van der Waals surface area (Å²) in [4.78, 5) is 23.8. The Labute approximate surface area is 158 Å². The Bertz CT molecular complexity index is 933. The second-order valence-electron chi connectivity index (χ2n) is 6.16. The van der Waals surface area contributed by atoms with Crippen molar-refractivity contribution in [3.63, 3.8) is 0 Å². The molecule has 2 amide bonds. The highest BCUT2D eigenvalue weighted by molar-refractivity contribution is 5.83. The highest BCUT2D eigenvalue weighted by Crippen LogP contribution is 2.18. The van der Waals surface area contributed by atoms with Crippen LogP contribution in [0.15, 0.2) is 60.8 Å². The largest absolute Gasteiger partial charge is 0.483 e. The topological polar surface area (TPSA) is 72.4 Å².